The average molecular weight is 258 g/mol. The Morgan fingerprint density at radius 1 is 1.50 bits per heavy atom. The van der Waals surface area contributed by atoms with Crippen molar-refractivity contribution in [3.05, 3.63) is 29.8 Å². The van der Waals surface area contributed by atoms with Crippen LogP contribution in [0.1, 0.15) is 6.42 Å². The molecule has 0 aliphatic carbocycles. The zero-order chi connectivity index (χ0) is 13.4. The Hall–Kier alpha value is -2.02. The number of rotatable bonds is 6. The highest BCUT2D eigenvalue weighted by Crippen LogP contribution is 2.14. The van der Waals surface area contributed by atoms with E-state index in [1.165, 1.54) is 0 Å². The zero-order valence-corrected chi connectivity index (χ0v) is 9.40. The summed E-state index contributed by atoms with van der Waals surface area (Å²) in [5.74, 6) is -2.31. The van der Waals surface area contributed by atoms with E-state index < -0.39 is 17.5 Å². The molecule has 0 bridgehead atoms. The van der Waals surface area contributed by atoms with E-state index in [4.69, 9.17) is 5.11 Å². The number of oxime groups is 1. The Balaban J connectivity index is 2.44. The van der Waals surface area contributed by atoms with Gasteiger partial charge in [0.2, 0.25) is 0 Å². The second-order valence-electron chi connectivity index (χ2n) is 3.26. The van der Waals surface area contributed by atoms with Crippen molar-refractivity contribution >= 4 is 17.8 Å². The van der Waals surface area contributed by atoms with Gasteiger partial charge in [-0.2, -0.15) is 0 Å². The van der Waals surface area contributed by atoms with Gasteiger partial charge in [0.1, 0.15) is 24.5 Å². The standard InChI is InChI=1S/C11H12F2N2O3/c12-8-2-3-10(9(13)6-8)15-11(17)7-14-18-5-1-4-16/h2-3,6-7,16H,1,4-5H2,(H,15,17)/b14-7+. The molecule has 5 nitrogen and oxygen atoms in total. The van der Waals surface area contributed by atoms with Crippen molar-refractivity contribution < 1.29 is 23.5 Å². The van der Waals surface area contributed by atoms with Crippen LogP contribution in [0, 0.1) is 11.6 Å². The van der Waals surface area contributed by atoms with Crippen LogP contribution in [0.5, 0.6) is 0 Å². The summed E-state index contributed by atoms with van der Waals surface area (Å²) in [6, 6.07) is 2.78. The number of aliphatic hydroxyl groups is 1. The maximum atomic E-state index is 13.1. The first-order valence-electron chi connectivity index (χ1n) is 5.15. The van der Waals surface area contributed by atoms with Gasteiger partial charge in [-0.05, 0) is 12.1 Å². The molecule has 0 unspecified atom stereocenters. The third-order valence-corrected chi connectivity index (χ3v) is 1.83. The van der Waals surface area contributed by atoms with Gasteiger partial charge in [-0.25, -0.2) is 8.78 Å². The normalized spacial score (nSPS) is 10.6. The lowest BCUT2D eigenvalue weighted by molar-refractivity contribution is -0.110. The van der Waals surface area contributed by atoms with Crippen LogP contribution in [0.15, 0.2) is 23.4 Å². The van der Waals surface area contributed by atoms with Crippen LogP contribution in [0.2, 0.25) is 0 Å². The van der Waals surface area contributed by atoms with E-state index in [1.807, 2.05) is 0 Å². The van der Waals surface area contributed by atoms with E-state index in [-0.39, 0.29) is 18.9 Å². The molecule has 1 rings (SSSR count). The maximum Gasteiger partial charge on any atom is 0.270 e. The van der Waals surface area contributed by atoms with Gasteiger partial charge in [0.25, 0.3) is 5.91 Å². The van der Waals surface area contributed by atoms with Crippen LogP contribution in [0.3, 0.4) is 0 Å². The minimum atomic E-state index is -0.877. The number of aliphatic hydroxyl groups excluding tert-OH is 1. The molecule has 0 saturated heterocycles. The van der Waals surface area contributed by atoms with Gasteiger partial charge in [-0.15, -0.1) is 0 Å². The predicted octanol–water partition coefficient (Wildman–Crippen LogP) is 1.29. The minimum absolute atomic E-state index is 0.0392. The molecule has 0 saturated carbocycles. The van der Waals surface area contributed by atoms with E-state index in [1.54, 1.807) is 0 Å². The number of hydrogen-bond acceptors (Lipinski definition) is 4. The molecule has 0 aromatic heterocycles. The highest BCUT2D eigenvalue weighted by molar-refractivity contribution is 6.31. The second-order valence-corrected chi connectivity index (χ2v) is 3.26. The molecule has 0 radical (unpaired) electrons. The molecule has 18 heavy (non-hydrogen) atoms. The van der Waals surface area contributed by atoms with Crippen LogP contribution in [-0.4, -0.2) is 30.4 Å². The van der Waals surface area contributed by atoms with Crippen LogP contribution in [0.4, 0.5) is 14.5 Å². The molecule has 1 aromatic carbocycles. The summed E-state index contributed by atoms with van der Waals surface area (Å²) >= 11 is 0. The van der Waals surface area contributed by atoms with Gasteiger partial charge in [-0.1, -0.05) is 5.16 Å². The SMILES string of the molecule is O=C(/C=N/OCCCO)Nc1ccc(F)cc1F. The van der Waals surface area contributed by atoms with E-state index >= 15 is 0 Å². The van der Waals surface area contributed by atoms with Gasteiger partial charge in [0, 0.05) is 19.1 Å². The molecule has 98 valence electrons. The van der Waals surface area contributed by atoms with Crippen LogP contribution < -0.4 is 5.32 Å². The average Bonchev–Trinajstić information content (AvgIpc) is 2.32. The van der Waals surface area contributed by atoms with Gasteiger partial charge < -0.3 is 15.3 Å². The first-order chi connectivity index (χ1) is 8.63. The van der Waals surface area contributed by atoms with E-state index in [2.05, 4.69) is 15.3 Å². The molecule has 7 heteroatoms. The highest BCUT2D eigenvalue weighted by Gasteiger charge is 2.06. The number of amides is 1. The molecule has 1 aromatic rings. The molecule has 0 aliphatic heterocycles. The van der Waals surface area contributed by atoms with Gasteiger partial charge in [-0.3, -0.25) is 4.79 Å². The second kappa shape index (κ2) is 7.33. The first-order valence-corrected chi connectivity index (χ1v) is 5.15. The summed E-state index contributed by atoms with van der Waals surface area (Å²) in [4.78, 5) is 15.9. The Kier molecular flexibility index (Phi) is 5.72. The molecule has 0 fully saturated rings. The number of halogens is 2. The molecule has 0 spiro atoms. The lowest BCUT2D eigenvalue weighted by Crippen LogP contribution is -2.14. The Morgan fingerprint density at radius 2 is 2.28 bits per heavy atom. The van der Waals surface area contributed by atoms with E-state index in [0.717, 1.165) is 18.3 Å². The fourth-order valence-electron chi connectivity index (χ4n) is 1.02. The van der Waals surface area contributed by atoms with Crippen LogP contribution in [-0.2, 0) is 9.63 Å². The number of anilines is 1. The fourth-order valence-corrected chi connectivity index (χ4v) is 1.02. The predicted molar refractivity (Wildman–Crippen MR) is 61.1 cm³/mol. The molecule has 0 heterocycles. The van der Waals surface area contributed by atoms with Crippen molar-refractivity contribution in [3.63, 3.8) is 0 Å². The van der Waals surface area contributed by atoms with Crippen LogP contribution in [0.25, 0.3) is 0 Å². The Labute approximate surface area is 102 Å². The topological polar surface area (TPSA) is 70.9 Å². The Bertz CT molecular complexity index is 438. The maximum absolute atomic E-state index is 13.1. The summed E-state index contributed by atoms with van der Waals surface area (Å²) in [5, 5.41) is 13.9. The van der Waals surface area contributed by atoms with Crippen molar-refractivity contribution in [1.82, 2.24) is 0 Å². The Morgan fingerprint density at radius 3 is 2.94 bits per heavy atom. The van der Waals surface area contributed by atoms with Crippen molar-refractivity contribution in [2.24, 2.45) is 5.16 Å². The first kappa shape index (κ1) is 14.0. The van der Waals surface area contributed by atoms with Gasteiger partial charge >= 0.3 is 0 Å². The summed E-state index contributed by atoms with van der Waals surface area (Å²) in [6.07, 6.45) is 1.21. The molecule has 0 atom stereocenters. The molecular weight excluding hydrogens is 246 g/mol. The number of nitrogens with one attached hydrogen (secondary N) is 1. The minimum Gasteiger partial charge on any atom is -0.396 e. The lowest BCUT2D eigenvalue weighted by atomic mass is 10.3. The van der Waals surface area contributed by atoms with Crippen LogP contribution >= 0.6 is 0 Å². The van der Waals surface area contributed by atoms with Crippen molar-refractivity contribution in [2.75, 3.05) is 18.5 Å². The smallest absolute Gasteiger partial charge is 0.270 e. The summed E-state index contributed by atoms with van der Waals surface area (Å²) in [5.41, 5.74) is -0.150. The molecular formula is C11H12F2N2O3. The van der Waals surface area contributed by atoms with E-state index in [9.17, 15) is 13.6 Å². The van der Waals surface area contributed by atoms with Crippen molar-refractivity contribution in [1.29, 1.82) is 0 Å². The number of carbonyl (C=O) groups excluding carboxylic acids is 1. The molecule has 2 N–H and O–H groups in total. The molecule has 1 amide bonds. The number of hydrogen-bond donors (Lipinski definition) is 2. The third-order valence-electron chi connectivity index (χ3n) is 1.83. The van der Waals surface area contributed by atoms with Gasteiger partial charge in [0.15, 0.2) is 0 Å². The lowest BCUT2D eigenvalue weighted by Gasteiger charge is -2.03. The number of nitrogens with zero attached hydrogens (tertiary/aromatic N) is 1. The fraction of sp³-hybridized carbons (Fsp3) is 0.273. The monoisotopic (exact) mass is 258 g/mol. The highest BCUT2D eigenvalue weighted by atomic mass is 19.1. The quantitative estimate of drug-likeness (QED) is 0.459. The van der Waals surface area contributed by atoms with Crippen molar-refractivity contribution in [3.8, 4) is 0 Å². The number of carbonyl (C=O) groups is 1. The number of benzene rings is 1. The summed E-state index contributed by atoms with van der Waals surface area (Å²) in [7, 11) is 0. The molecule has 0 aliphatic rings. The van der Waals surface area contributed by atoms with Crippen molar-refractivity contribution in [2.45, 2.75) is 6.42 Å². The summed E-state index contributed by atoms with van der Waals surface area (Å²) < 4.78 is 25.7. The van der Waals surface area contributed by atoms with E-state index in [0.29, 0.717) is 12.5 Å². The third kappa shape index (κ3) is 4.88. The zero-order valence-electron chi connectivity index (χ0n) is 9.40. The summed E-state index contributed by atoms with van der Waals surface area (Å²) in [6.45, 7) is 0.133. The largest absolute Gasteiger partial charge is 0.396 e. The van der Waals surface area contributed by atoms with Gasteiger partial charge in [0.05, 0.1) is 5.69 Å².